The predicted octanol–water partition coefficient (Wildman–Crippen LogP) is 2.12. The maximum Gasteiger partial charge on any atom is 0.146 e. The van der Waals surface area contributed by atoms with Crippen LogP contribution >= 0.6 is 0 Å². The largest absolute Gasteiger partial charge is 0.317 e. The summed E-state index contributed by atoms with van der Waals surface area (Å²) in [6.07, 6.45) is 8.93. The van der Waals surface area contributed by atoms with Crippen LogP contribution in [0, 0.1) is 5.92 Å². The molecule has 2 aliphatic heterocycles. The van der Waals surface area contributed by atoms with E-state index in [0.29, 0.717) is 0 Å². The van der Waals surface area contributed by atoms with Gasteiger partial charge in [-0.05, 0) is 57.7 Å². The van der Waals surface area contributed by atoms with Crippen LogP contribution in [0.3, 0.4) is 0 Å². The number of nitrogens with one attached hydrogen (secondary N) is 1. The minimum atomic E-state index is 0.735. The van der Waals surface area contributed by atoms with E-state index in [1.54, 1.807) is 0 Å². The first-order valence-electron chi connectivity index (χ1n) is 9.09. The van der Waals surface area contributed by atoms with Crippen molar-refractivity contribution < 1.29 is 0 Å². The molecular weight excluding hydrogens is 274 g/mol. The van der Waals surface area contributed by atoms with Crippen LogP contribution in [0.1, 0.15) is 57.1 Å². The highest BCUT2D eigenvalue weighted by atomic mass is 15.3. The highest BCUT2D eigenvalue weighted by Gasteiger charge is 2.23. The SMILES string of the molecule is CC[C@@H]1CCCCN1Cc1nnc(CC2CCNCC2)n1C. The molecular formula is C17H31N5. The summed E-state index contributed by atoms with van der Waals surface area (Å²) in [6.45, 7) is 6.80. The quantitative estimate of drug-likeness (QED) is 0.905. The summed E-state index contributed by atoms with van der Waals surface area (Å²) in [5.41, 5.74) is 0. The first kappa shape index (κ1) is 15.9. The molecule has 124 valence electrons. The highest BCUT2D eigenvalue weighted by molar-refractivity contribution is 4.98. The Morgan fingerprint density at radius 1 is 1.09 bits per heavy atom. The Kier molecular flexibility index (Phi) is 5.47. The zero-order chi connectivity index (χ0) is 15.4. The maximum absolute atomic E-state index is 4.50. The number of piperidine rings is 2. The molecule has 1 aromatic heterocycles. The van der Waals surface area contributed by atoms with Crippen LogP contribution in [-0.2, 0) is 20.0 Å². The molecule has 3 heterocycles. The van der Waals surface area contributed by atoms with E-state index in [4.69, 9.17) is 0 Å². The fourth-order valence-corrected chi connectivity index (χ4v) is 3.97. The first-order valence-corrected chi connectivity index (χ1v) is 9.09. The van der Waals surface area contributed by atoms with Crippen molar-refractivity contribution in [2.45, 2.75) is 64.5 Å². The lowest BCUT2D eigenvalue weighted by atomic mass is 9.94. The normalized spacial score (nSPS) is 24.7. The minimum absolute atomic E-state index is 0.735. The molecule has 5 nitrogen and oxygen atoms in total. The number of likely N-dealkylation sites (tertiary alicyclic amines) is 1. The molecule has 0 saturated carbocycles. The standard InChI is InChI=1S/C17H31N5/c1-3-15-6-4-5-11-22(15)13-17-20-19-16(21(17)2)12-14-7-9-18-10-8-14/h14-15,18H,3-13H2,1-2H3/t15-/m1/s1. The van der Waals surface area contributed by atoms with Crippen molar-refractivity contribution in [3.8, 4) is 0 Å². The average molecular weight is 305 g/mol. The Morgan fingerprint density at radius 3 is 2.64 bits per heavy atom. The summed E-state index contributed by atoms with van der Waals surface area (Å²) in [5, 5.41) is 12.4. The van der Waals surface area contributed by atoms with E-state index >= 15 is 0 Å². The van der Waals surface area contributed by atoms with Crippen LogP contribution in [0.5, 0.6) is 0 Å². The smallest absolute Gasteiger partial charge is 0.146 e. The highest BCUT2D eigenvalue weighted by Crippen LogP contribution is 2.22. The third kappa shape index (κ3) is 3.69. The van der Waals surface area contributed by atoms with E-state index in [1.165, 1.54) is 50.9 Å². The van der Waals surface area contributed by atoms with Crippen LogP contribution in [0.4, 0.5) is 0 Å². The van der Waals surface area contributed by atoms with Gasteiger partial charge in [0, 0.05) is 19.5 Å². The Hall–Kier alpha value is -0.940. The molecule has 0 radical (unpaired) electrons. The van der Waals surface area contributed by atoms with E-state index in [9.17, 15) is 0 Å². The Bertz CT molecular complexity index is 464. The molecule has 0 amide bonds. The van der Waals surface area contributed by atoms with Crippen molar-refractivity contribution in [3.63, 3.8) is 0 Å². The summed E-state index contributed by atoms with van der Waals surface area (Å²) in [7, 11) is 2.15. The molecule has 5 heteroatoms. The van der Waals surface area contributed by atoms with E-state index in [2.05, 4.69) is 39.0 Å². The number of rotatable bonds is 5. The van der Waals surface area contributed by atoms with Gasteiger partial charge in [0.1, 0.15) is 11.6 Å². The van der Waals surface area contributed by atoms with Gasteiger partial charge < -0.3 is 9.88 Å². The summed E-state index contributed by atoms with van der Waals surface area (Å²) in [6, 6.07) is 0.735. The molecule has 2 saturated heterocycles. The number of nitrogens with zero attached hydrogens (tertiary/aromatic N) is 4. The molecule has 1 aromatic rings. The second-order valence-electron chi connectivity index (χ2n) is 7.02. The van der Waals surface area contributed by atoms with Gasteiger partial charge >= 0.3 is 0 Å². The van der Waals surface area contributed by atoms with E-state index in [-0.39, 0.29) is 0 Å². The van der Waals surface area contributed by atoms with E-state index < -0.39 is 0 Å². The van der Waals surface area contributed by atoms with Crippen molar-refractivity contribution in [1.29, 1.82) is 0 Å². The van der Waals surface area contributed by atoms with Gasteiger partial charge in [-0.2, -0.15) is 0 Å². The molecule has 2 aliphatic rings. The van der Waals surface area contributed by atoms with E-state index in [0.717, 1.165) is 43.8 Å². The van der Waals surface area contributed by atoms with Crippen LogP contribution < -0.4 is 5.32 Å². The van der Waals surface area contributed by atoms with Gasteiger partial charge in [-0.25, -0.2) is 0 Å². The van der Waals surface area contributed by atoms with Crippen molar-refractivity contribution in [2.24, 2.45) is 13.0 Å². The summed E-state index contributed by atoms with van der Waals surface area (Å²) >= 11 is 0. The van der Waals surface area contributed by atoms with Crippen molar-refractivity contribution in [3.05, 3.63) is 11.6 Å². The molecule has 1 N–H and O–H groups in total. The molecule has 0 bridgehead atoms. The molecule has 2 fully saturated rings. The van der Waals surface area contributed by atoms with Crippen LogP contribution in [-0.4, -0.2) is 45.3 Å². The Morgan fingerprint density at radius 2 is 1.86 bits per heavy atom. The maximum atomic E-state index is 4.50. The molecule has 1 atom stereocenters. The third-order valence-electron chi connectivity index (χ3n) is 5.55. The van der Waals surface area contributed by atoms with Crippen molar-refractivity contribution in [2.75, 3.05) is 19.6 Å². The zero-order valence-electron chi connectivity index (χ0n) is 14.2. The lowest BCUT2D eigenvalue weighted by Gasteiger charge is -2.34. The zero-order valence-corrected chi connectivity index (χ0v) is 14.2. The third-order valence-corrected chi connectivity index (χ3v) is 5.55. The summed E-state index contributed by atoms with van der Waals surface area (Å²) in [5.74, 6) is 3.09. The lowest BCUT2D eigenvalue weighted by Crippen LogP contribution is -2.39. The number of hydrogen-bond donors (Lipinski definition) is 1. The van der Waals surface area contributed by atoms with Gasteiger partial charge in [-0.15, -0.1) is 10.2 Å². The van der Waals surface area contributed by atoms with Gasteiger partial charge in [-0.1, -0.05) is 13.3 Å². The molecule has 0 unspecified atom stereocenters. The monoisotopic (exact) mass is 305 g/mol. The first-order chi connectivity index (χ1) is 10.8. The van der Waals surface area contributed by atoms with Gasteiger partial charge in [0.05, 0.1) is 6.54 Å². The van der Waals surface area contributed by atoms with Crippen molar-refractivity contribution >= 4 is 0 Å². The number of aromatic nitrogens is 3. The van der Waals surface area contributed by atoms with Gasteiger partial charge in [0.2, 0.25) is 0 Å². The van der Waals surface area contributed by atoms with Gasteiger partial charge in [-0.3, -0.25) is 4.90 Å². The Balaban J connectivity index is 1.62. The summed E-state index contributed by atoms with van der Waals surface area (Å²) in [4.78, 5) is 2.61. The predicted molar refractivity (Wildman–Crippen MR) is 88.6 cm³/mol. The van der Waals surface area contributed by atoms with Crippen molar-refractivity contribution in [1.82, 2.24) is 25.0 Å². The average Bonchev–Trinajstić information content (AvgIpc) is 2.90. The van der Waals surface area contributed by atoms with Gasteiger partial charge in [0.25, 0.3) is 0 Å². The number of hydrogen-bond acceptors (Lipinski definition) is 4. The van der Waals surface area contributed by atoms with E-state index in [1.807, 2.05) is 0 Å². The summed E-state index contributed by atoms with van der Waals surface area (Å²) < 4.78 is 2.25. The fraction of sp³-hybridized carbons (Fsp3) is 0.882. The van der Waals surface area contributed by atoms with Crippen LogP contribution in [0.15, 0.2) is 0 Å². The van der Waals surface area contributed by atoms with Crippen LogP contribution in [0.25, 0.3) is 0 Å². The fourth-order valence-electron chi connectivity index (χ4n) is 3.97. The van der Waals surface area contributed by atoms with Gasteiger partial charge in [0.15, 0.2) is 0 Å². The second-order valence-corrected chi connectivity index (χ2v) is 7.02. The topological polar surface area (TPSA) is 46.0 Å². The second kappa shape index (κ2) is 7.55. The lowest BCUT2D eigenvalue weighted by molar-refractivity contribution is 0.131. The molecule has 22 heavy (non-hydrogen) atoms. The Labute approximate surface area is 134 Å². The minimum Gasteiger partial charge on any atom is -0.317 e. The van der Waals surface area contributed by atoms with Crippen LogP contribution in [0.2, 0.25) is 0 Å². The molecule has 0 spiro atoms. The molecule has 3 rings (SSSR count). The molecule has 0 aromatic carbocycles. The molecule has 0 aliphatic carbocycles.